The third kappa shape index (κ3) is 4.59. The van der Waals surface area contributed by atoms with Crippen LogP contribution in [-0.2, 0) is 24.1 Å². The van der Waals surface area contributed by atoms with Crippen molar-refractivity contribution in [3.63, 3.8) is 0 Å². The van der Waals surface area contributed by atoms with E-state index in [-0.39, 0.29) is 11.3 Å². The summed E-state index contributed by atoms with van der Waals surface area (Å²) >= 11 is 0. The van der Waals surface area contributed by atoms with Gasteiger partial charge in [-0.1, -0.05) is 31.0 Å². The zero-order valence-corrected chi connectivity index (χ0v) is 12.8. The molecule has 0 bridgehead atoms. The fourth-order valence-corrected chi connectivity index (χ4v) is 3.98. The number of rotatable bonds is 6. The number of hydrogen-bond donors (Lipinski definition) is 0. The molecule has 0 amide bonds. The van der Waals surface area contributed by atoms with Crippen LogP contribution in [0.1, 0.15) is 25.3 Å². The van der Waals surface area contributed by atoms with Crippen molar-refractivity contribution in [2.75, 3.05) is 6.26 Å². The van der Waals surface area contributed by atoms with Crippen LogP contribution < -0.4 is 0 Å². The van der Waals surface area contributed by atoms with Gasteiger partial charge in [-0.15, -0.1) is 0 Å². The summed E-state index contributed by atoms with van der Waals surface area (Å²) in [4.78, 5) is -0.0390. The molecule has 0 aromatic heterocycles. The van der Waals surface area contributed by atoms with Crippen molar-refractivity contribution in [2.45, 2.75) is 37.0 Å². The van der Waals surface area contributed by atoms with E-state index in [0.717, 1.165) is 11.8 Å². The Morgan fingerprint density at radius 3 is 2.05 bits per heavy atom. The standard InChI is InChI=1S/C12H18O5S2/c1-4-5-12(18(3,13)14)17-19(15,16)11-8-6-10(2)7-9-11/h6-9,12H,4-5H2,1-3H3. The molecular formula is C12H18O5S2. The molecular weight excluding hydrogens is 288 g/mol. The third-order valence-corrected chi connectivity index (χ3v) is 5.29. The normalized spacial score (nSPS) is 14.3. The first-order chi connectivity index (χ1) is 8.66. The van der Waals surface area contributed by atoms with Gasteiger partial charge in [0.25, 0.3) is 10.1 Å². The second-order valence-corrected chi connectivity index (χ2v) is 8.17. The molecule has 1 atom stereocenters. The smallest absolute Gasteiger partial charge is 0.247 e. The maximum absolute atomic E-state index is 12.0. The van der Waals surface area contributed by atoms with Crippen molar-refractivity contribution in [3.05, 3.63) is 29.8 Å². The van der Waals surface area contributed by atoms with Crippen molar-refractivity contribution in [1.29, 1.82) is 0 Å². The summed E-state index contributed by atoms with van der Waals surface area (Å²) in [5.41, 5.74) is -0.420. The zero-order chi connectivity index (χ0) is 14.7. The predicted octanol–water partition coefficient (Wildman–Crippen LogP) is 1.87. The largest absolute Gasteiger partial charge is 0.298 e. The molecule has 0 saturated heterocycles. The van der Waals surface area contributed by atoms with Gasteiger partial charge >= 0.3 is 0 Å². The van der Waals surface area contributed by atoms with E-state index in [2.05, 4.69) is 0 Å². The molecule has 0 aliphatic heterocycles. The Morgan fingerprint density at radius 2 is 1.63 bits per heavy atom. The molecule has 19 heavy (non-hydrogen) atoms. The van der Waals surface area contributed by atoms with Crippen molar-refractivity contribution in [3.8, 4) is 0 Å². The molecule has 108 valence electrons. The molecule has 1 aromatic rings. The minimum Gasteiger partial charge on any atom is -0.247 e. The van der Waals surface area contributed by atoms with Crippen LogP contribution in [0.25, 0.3) is 0 Å². The summed E-state index contributed by atoms with van der Waals surface area (Å²) in [7, 11) is -7.64. The highest BCUT2D eigenvalue weighted by Crippen LogP contribution is 2.19. The van der Waals surface area contributed by atoms with Crippen molar-refractivity contribution in [1.82, 2.24) is 0 Å². The topological polar surface area (TPSA) is 77.5 Å². The van der Waals surface area contributed by atoms with Crippen LogP contribution in [0.2, 0.25) is 0 Å². The lowest BCUT2D eigenvalue weighted by atomic mass is 10.2. The van der Waals surface area contributed by atoms with Crippen LogP contribution in [0.15, 0.2) is 29.2 Å². The van der Waals surface area contributed by atoms with Gasteiger partial charge in [-0.25, -0.2) is 12.6 Å². The third-order valence-electron chi connectivity index (χ3n) is 2.55. The molecule has 0 radical (unpaired) electrons. The van der Waals surface area contributed by atoms with E-state index in [1.165, 1.54) is 12.1 Å². The predicted molar refractivity (Wildman–Crippen MR) is 73.0 cm³/mol. The van der Waals surface area contributed by atoms with Crippen LogP contribution in [0.5, 0.6) is 0 Å². The highest BCUT2D eigenvalue weighted by Gasteiger charge is 2.28. The Hall–Kier alpha value is -0.920. The van der Waals surface area contributed by atoms with Gasteiger partial charge in [-0.2, -0.15) is 8.42 Å². The van der Waals surface area contributed by atoms with E-state index < -0.39 is 25.4 Å². The van der Waals surface area contributed by atoms with Gasteiger partial charge in [-0.3, -0.25) is 0 Å². The fourth-order valence-electron chi connectivity index (χ4n) is 1.47. The lowest BCUT2D eigenvalue weighted by molar-refractivity contribution is 0.267. The summed E-state index contributed by atoms with van der Waals surface area (Å²) in [5, 5.41) is 0. The summed E-state index contributed by atoms with van der Waals surface area (Å²) < 4.78 is 51.8. The Kier molecular flexibility index (Phi) is 5.11. The Bertz CT molecular complexity index is 615. The van der Waals surface area contributed by atoms with Crippen molar-refractivity contribution in [2.24, 2.45) is 0 Å². The van der Waals surface area contributed by atoms with Gasteiger partial charge in [0.05, 0.1) is 4.90 Å². The van der Waals surface area contributed by atoms with Crippen LogP contribution in [0, 0.1) is 6.92 Å². The average molecular weight is 306 g/mol. The number of hydrogen-bond acceptors (Lipinski definition) is 5. The van der Waals surface area contributed by atoms with E-state index >= 15 is 0 Å². The molecule has 7 heteroatoms. The molecule has 5 nitrogen and oxygen atoms in total. The van der Waals surface area contributed by atoms with E-state index in [0.29, 0.717) is 6.42 Å². The Morgan fingerprint density at radius 1 is 1.11 bits per heavy atom. The molecule has 0 heterocycles. The molecule has 0 saturated carbocycles. The molecule has 0 spiro atoms. The number of aryl methyl sites for hydroxylation is 1. The Balaban J connectivity index is 3.04. The van der Waals surface area contributed by atoms with Crippen molar-refractivity contribution < 1.29 is 21.0 Å². The van der Waals surface area contributed by atoms with Crippen LogP contribution >= 0.6 is 0 Å². The maximum atomic E-state index is 12.0. The molecule has 0 aliphatic rings. The van der Waals surface area contributed by atoms with Gasteiger partial charge in [0, 0.05) is 6.26 Å². The first-order valence-electron chi connectivity index (χ1n) is 5.85. The van der Waals surface area contributed by atoms with Crippen LogP contribution in [-0.4, -0.2) is 28.5 Å². The van der Waals surface area contributed by atoms with Gasteiger partial charge < -0.3 is 0 Å². The van der Waals surface area contributed by atoms with Crippen LogP contribution in [0.3, 0.4) is 0 Å². The molecule has 1 unspecified atom stereocenters. The SMILES string of the molecule is CCCC(OS(=O)(=O)c1ccc(C)cc1)S(C)(=O)=O. The molecule has 0 N–H and O–H groups in total. The van der Waals surface area contributed by atoms with Gasteiger partial charge in [0.2, 0.25) is 0 Å². The minimum absolute atomic E-state index is 0.0390. The van der Waals surface area contributed by atoms with Crippen LogP contribution in [0.4, 0.5) is 0 Å². The molecule has 1 rings (SSSR count). The monoisotopic (exact) mass is 306 g/mol. The lowest BCUT2D eigenvalue weighted by Crippen LogP contribution is -2.26. The highest BCUT2D eigenvalue weighted by atomic mass is 32.2. The van der Waals surface area contributed by atoms with Gasteiger partial charge in [-0.05, 0) is 25.5 Å². The molecule has 0 aliphatic carbocycles. The first kappa shape index (κ1) is 16.1. The zero-order valence-electron chi connectivity index (χ0n) is 11.2. The first-order valence-corrected chi connectivity index (χ1v) is 9.22. The summed E-state index contributed by atoms with van der Waals surface area (Å²) in [6, 6.07) is 6.06. The van der Waals surface area contributed by atoms with E-state index in [1.54, 1.807) is 19.1 Å². The van der Waals surface area contributed by atoms with Gasteiger partial charge in [0.1, 0.15) is 0 Å². The fraction of sp³-hybridized carbons (Fsp3) is 0.500. The summed E-state index contributed by atoms with van der Waals surface area (Å²) in [5.74, 6) is 0. The summed E-state index contributed by atoms with van der Waals surface area (Å²) in [6.45, 7) is 3.59. The van der Waals surface area contributed by atoms with E-state index in [9.17, 15) is 16.8 Å². The highest BCUT2D eigenvalue weighted by molar-refractivity contribution is 7.92. The maximum Gasteiger partial charge on any atom is 0.298 e. The van der Waals surface area contributed by atoms with E-state index in [1.807, 2.05) is 6.92 Å². The Labute approximate surface area is 114 Å². The van der Waals surface area contributed by atoms with Crippen molar-refractivity contribution >= 4 is 20.0 Å². The molecule has 0 fully saturated rings. The van der Waals surface area contributed by atoms with Gasteiger partial charge in [0.15, 0.2) is 15.3 Å². The number of benzene rings is 1. The second-order valence-electron chi connectivity index (χ2n) is 4.41. The summed E-state index contributed by atoms with van der Waals surface area (Å²) in [6.07, 6.45) is 1.63. The average Bonchev–Trinajstić information content (AvgIpc) is 2.27. The number of sulfone groups is 1. The van der Waals surface area contributed by atoms with E-state index in [4.69, 9.17) is 4.18 Å². The lowest BCUT2D eigenvalue weighted by Gasteiger charge is -2.15. The second kappa shape index (κ2) is 6.02. The minimum atomic E-state index is -4.06. The molecule has 1 aromatic carbocycles. The quantitative estimate of drug-likeness (QED) is 0.750.